The first-order valence-electron chi connectivity index (χ1n) is 5.93. The van der Waals surface area contributed by atoms with Crippen molar-refractivity contribution in [2.24, 2.45) is 5.92 Å². The molecule has 0 saturated carbocycles. The van der Waals surface area contributed by atoms with E-state index in [1.807, 2.05) is 0 Å². The first-order valence-corrected chi connectivity index (χ1v) is 5.93. The van der Waals surface area contributed by atoms with Gasteiger partial charge in [0.2, 0.25) is 5.88 Å². The Morgan fingerprint density at radius 1 is 1.37 bits per heavy atom. The molecule has 3 atom stereocenters. The van der Waals surface area contributed by atoms with Gasteiger partial charge >= 0.3 is 6.18 Å². The van der Waals surface area contributed by atoms with E-state index in [1.165, 1.54) is 6.07 Å². The first-order chi connectivity index (χ1) is 8.45. The quantitative estimate of drug-likeness (QED) is 0.799. The van der Waals surface area contributed by atoms with Gasteiger partial charge in [0.15, 0.2) is 0 Å². The molecule has 2 aliphatic heterocycles. The molecule has 1 fully saturated rings. The van der Waals surface area contributed by atoms with Crippen LogP contribution in [0.1, 0.15) is 30.6 Å². The Hall–Kier alpha value is -1.01. The molecule has 0 radical (unpaired) electrons. The summed E-state index contributed by atoms with van der Waals surface area (Å²) >= 11 is 0. The van der Waals surface area contributed by atoms with E-state index >= 15 is 0 Å². The van der Waals surface area contributed by atoms with Gasteiger partial charge in [-0.1, -0.05) is 6.92 Å². The van der Waals surface area contributed by atoms with Gasteiger partial charge in [-0.15, -0.1) is 12.4 Å². The normalized spacial score (nSPS) is 28.9. The summed E-state index contributed by atoms with van der Waals surface area (Å²) in [4.78, 5) is 3.59. The Kier molecular flexibility index (Phi) is 3.66. The summed E-state index contributed by atoms with van der Waals surface area (Å²) in [6, 6.07) is 2.47. The van der Waals surface area contributed by atoms with Crippen molar-refractivity contribution < 1.29 is 17.9 Å². The van der Waals surface area contributed by atoms with Crippen molar-refractivity contribution in [2.75, 3.05) is 6.54 Å². The van der Waals surface area contributed by atoms with Gasteiger partial charge in [0, 0.05) is 5.56 Å². The summed E-state index contributed by atoms with van der Waals surface area (Å²) in [5.74, 6) is 0.587. The average molecular weight is 295 g/mol. The molecule has 1 N–H and O–H groups in total. The van der Waals surface area contributed by atoms with Crippen molar-refractivity contribution in [3.8, 4) is 5.88 Å². The van der Waals surface area contributed by atoms with Crippen LogP contribution in [-0.4, -0.2) is 17.6 Å². The Labute approximate surface area is 115 Å². The second-order valence-corrected chi connectivity index (χ2v) is 4.97. The number of aromatic nitrogens is 1. The third-order valence-electron chi connectivity index (χ3n) is 3.47. The number of piperidine rings is 1. The number of rotatable bonds is 0. The van der Waals surface area contributed by atoms with Crippen molar-refractivity contribution >= 4 is 12.4 Å². The van der Waals surface area contributed by atoms with Gasteiger partial charge in [0.05, 0.1) is 6.04 Å². The molecule has 0 spiro atoms. The lowest BCUT2D eigenvalue weighted by atomic mass is 9.91. The zero-order valence-corrected chi connectivity index (χ0v) is 11.0. The number of hydrogen-bond donors (Lipinski definition) is 1. The molecule has 0 amide bonds. The third kappa shape index (κ3) is 2.51. The second kappa shape index (κ2) is 4.83. The van der Waals surface area contributed by atoms with E-state index in [0.717, 1.165) is 24.6 Å². The number of alkyl halides is 3. The van der Waals surface area contributed by atoms with Crippen molar-refractivity contribution in [1.29, 1.82) is 0 Å². The molecule has 7 heteroatoms. The number of pyridine rings is 1. The number of hydrogen-bond acceptors (Lipinski definition) is 3. The Balaban J connectivity index is 0.00000133. The fourth-order valence-electron chi connectivity index (χ4n) is 2.59. The second-order valence-electron chi connectivity index (χ2n) is 4.97. The molecule has 19 heavy (non-hydrogen) atoms. The molecule has 3 rings (SSSR count). The van der Waals surface area contributed by atoms with Crippen LogP contribution in [0.3, 0.4) is 0 Å². The molecule has 1 saturated heterocycles. The molecule has 0 bridgehead atoms. The van der Waals surface area contributed by atoms with E-state index in [0.29, 0.717) is 5.92 Å². The molecule has 2 aliphatic rings. The van der Waals surface area contributed by atoms with Gasteiger partial charge in [-0.3, -0.25) is 0 Å². The minimum Gasteiger partial charge on any atom is -0.472 e. The van der Waals surface area contributed by atoms with Crippen LogP contribution < -0.4 is 10.1 Å². The number of nitrogens with one attached hydrogen (secondary N) is 1. The van der Waals surface area contributed by atoms with E-state index in [1.54, 1.807) is 0 Å². The third-order valence-corrected chi connectivity index (χ3v) is 3.47. The average Bonchev–Trinajstić information content (AvgIpc) is 2.63. The van der Waals surface area contributed by atoms with Gasteiger partial charge < -0.3 is 10.1 Å². The maximum atomic E-state index is 12.6. The van der Waals surface area contributed by atoms with E-state index in [9.17, 15) is 13.2 Å². The molecule has 1 aromatic rings. The highest BCUT2D eigenvalue weighted by Crippen LogP contribution is 2.41. The van der Waals surface area contributed by atoms with Crippen LogP contribution >= 0.6 is 12.4 Å². The van der Waals surface area contributed by atoms with Crippen LogP contribution in [0.5, 0.6) is 5.88 Å². The maximum absolute atomic E-state index is 12.6. The first kappa shape index (κ1) is 14.4. The number of halogens is 4. The SMILES string of the molecule is C[C@H]1CN[C@H]2c3ccc(C(F)(F)F)nc3O[C@H]2C1.Cl. The van der Waals surface area contributed by atoms with Crippen molar-refractivity contribution in [1.82, 2.24) is 10.3 Å². The zero-order chi connectivity index (χ0) is 12.9. The monoisotopic (exact) mass is 294 g/mol. The highest BCUT2D eigenvalue weighted by Gasteiger charge is 2.41. The predicted octanol–water partition coefficient (Wildman–Crippen LogP) is 2.95. The van der Waals surface area contributed by atoms with E-state index in [-0.39, 0.29) is 30.4 Å². The molecule has 106 valence electrons. The van der Waals surface area contributed by atoms with Crippen LogP contribution in [0.2, 0.25) is 0 Å². The summed E-state index contributed by atoms with van der Waals surface area (Å²) in [5, 5.41) is 3.30. The van der Waals surface area contributed by atoms with Gasteiger partial charge in [0.1, 0.15) is 11.8 Å². The molecule has 0 aromatic carbocycles. The number of ether oxygens (including phenoxy) is 1. The van der Waals surface area contributed by atoms with Crippen molar-refractivity contribution in [3.63, 3.8) is 0 Å². The fraction of sp³-hybridized carbons (Fsp3) is 0.583. The zero-order valence-electron chi connectivity index (χ0n) is 10.2. The molecular formula is C12H14ClF3N2O. The summed E-state index contributed by atoms with van der Waals surface area (Å²) in [6.45, 7) is 2.94. The smallest absolute Gasteiger partial charge is 0.433 e. The number of fused-ring (bicyclic) bond motifs is 3. The largest absolute Gasteiger partial charge is 0.472 e. The summed E-state index contributed by atoms with van der Waals surface area (Å²) < 4.78 is 43.2. The van der Waals surface area contributed by atoms with Crippen LogP contribution in [0.25, 0.3) is 0 Å². The standard InChI is InChI=1S/C12H13F3N2O.ClH/c1-6-4-8-10(16-5-6)7-2-3-9(12(13,14)15)17-11(7)18-8;/h2-3,6,8,10,16H,4-5H2,1H3;1H/t6-,8+,10+;/m1./s1. The van der Waals surface area contributed by atoms with E-state index in [4.69, 9.17) is 4.74 Å². The molecule has 0 aliphatic carbocycles. The highest BCUT2D eigenvalue weighted by atomic mass is 35.5. The maximum Gasteiger partial charge on any atom is 0.433 e. The molecule has 0 unspecified atom stereocenters. The van der Waals surface area contributed by atoms with Gasteiger partial charge in [-0.2, -0.15) is 13.2 Å². The number of nitrogens with zero attached hydrogens (tertiary/aromatic N) is 1. The van der Waals surface area contributed by atoms with Gasteiger partial charge in [-0.25, -0.2) is 4.98 Å². The lowest BCUT2D eigenvalue weighted by Gasteiger charge is -2.29. The van der Waals surface area contributed by atoms with Gasteiger partial charge in [-0.05, 0) is 31.0 Å². The Morgan fingerprint density at radius 2 is 2.11 bits per heavy atom. The summed E-state index contributed by atoms with van der Waals surface area (Å²) in [7, 11) is 0. The molecule has 3 heterocycles. The van der Waals surface area contributed by atoms with Crippen LogP contribution in [0, 0.1) is 5.92 Å². The molecular weight excluding hydrogens is 281 g/mol. The lowest BCUT2D eigenvalue weighted by molar-refractivity contribution is -0.141. The minimum absolute atomic E-state index is 0. The topological polar surface area (TPSA) is 34.2 Å². The summed E-state index contributed by atoms with van der Waals surface area (Å²) in [5.41, 5.74) is -0.159. The molecule has 1 aromatic heterocycles. The van der Waals surface area contributed by atoms with Gasteiger partial charge in [0.25, 0.3) is 0 Å². The Bertz CT molecular complexity index is 481. The fourth-order valence-corrected chi connectivity index (χ4v) is 2.59. The lowest BCUT2D eigenvalue weighted by Crippen LogP contribution is -2.41. The highest BCUT2D eigenvalue weighted by molar-refractivity contribution is 5.85. The Morgan fingerprint density at radius 3 is 2.79 bits per heavy atom. The van der Waals surface area contributed by atoms with Crippen LogP contribution in [0.4, 0.5) is 13.2 Å². The van der Waals surface area contributed by atoms with Crippen LogP contribution in [-0.2, 0) is 6.18 Å². The van der Waals surface area contributed by atoms with Crippen molar-refractivity contribution in [3.05, 3.63) is 23.4 Å². The molecule has 3 nitrogen and oxygen atoms in total. The van der Waals surface area contributed by atoms with E-state index < -0.39 is 11.9 Å². The van der Waals surface area contributed by atoms with Crippen molar-refractivity contribution in [2.45, 2.75) is 31.7 Å². The van der Waals surface area contributed by atoms with Crippen LogP contribution in [0.15, 0.2) is 12.1 Å². The predicted molar refractivity (Wildman–Crippen MR) is 65.4 cm³/mol. The van der Waals surface area contributed by atoms with E-state index in [2.05, 4.69) is 17.2 Å². The summed E-state index contributed by atoms with van der Waals surface area (Å²) in [6.07, 6.45) is -3.68. The minimum atomic E-state index is -4.42.